The standard InChI is InChI=1S/C21H26N2O5/c1-5-9-16-18(20(25)23(16)19(14(2)3)21(26)27-4)22-12-17(24)28-13-15-10-7-6-8-11-15/h5-8,10-11,16,18,22H,1,9,12-13H2,2-4H3/t16-,18-/m1/s1. The molecule has 1 amide bonds. The Balaban J connectivity index is 1.97. The summed E-state index contributed by atoms with van der Waals surface area (Å²) in [6.45, 7) is 7.27. The Kier molecular flexibility index (Phi) is 7.52. The molecule has 1 heterocycles. The van der Waals surface area contributed by atoms with Crippen molar-refractivity contribution in [1.29, 1.82) is 0 Å². The maximum Gasteiger partial charge on any atom is 0.354 e. The summed E-state index contributed by atoms with van der Waals surface area (Å²) < 4.78 is 10.0. The number of β-lactam (4-membered cyclic amide) rings is 1. The minimum atomic E-state index is -0.596. The second-order valence-corrected chi connectivity index (χ2v) is 6.65. The van der Waals surface area contributed by atoms with Gasteiger partial charge in [-0.3, -0.25) is 19.8 Å². The molecular weight excluding hydrogens is 360 g/mol. The Labute approximate surface area is 165 Å². The van der Waals surface area contributed by atoms with E-state index in [0.717, 1.165) is 5.56 Å². The fraction of sp³-hybridized carbons (Fsp3) is 0.381. The zero-order valence-corrected chi connectivity index (χ0v) is 16.4. The van der Waals surface area contributed by atoms with Crippen molar-refractivity contribution in [3.05, 3.63) is 59.8 Å². The van der Waals surface area contributed by atoms with Crippen molar-refractivity contribution >= 4 is 17.8 Å². The molecule has 1 saturated heterocycles. The molecule has 7 heteroatoms. The van der Waals surface area contributed by atoms with Crippen LogP contribution in [0.4, 0.5) is 0 Å². The number of rotatable bonds is 9. The summed E-state index contributed by atoms with van der Waals surface area (Å²) >= 11 is 0. The van der Waals surface area contributed by atoms with Gasteiger partial charge in [0, 0.05) is 0 Å². The van der Waals surface area contributed by atoms with E-state index in [1.165, 1.54) is 12.0 Å². The maximum atomic E-state index is 12.6. The van der Waals surface area contributed by atoms with Gasteiger partial charge >= 0.3 is 11.9 Å². The van der Waals surface area contributed by atoms with Crippen molar-refractivity contribution in [2.45, 2.75) is 39.0 Å². The first kappa shape index (κ1) is 21.4. The van der Waals surface area contributed by atoms with Crippen molar-refractivity contribution < 1.29 is 23.9 Å². The zero-order chi connectivity index (χ0) is 20.7. The summed E-state index contributed by atoms with van der Waals surface area (Å²) in [4.78, 5) is 38.1. The van der Waals surface area contributed by atoms with E-state index in [1.54, 1.807) is 19.9 Å². The van der Waals surface area contributed by atoms with Gasteiger partial charge in [-0.15, -0.1) is 6.58 Å². The highest BCUT2D eigenvalue weighted by atomic mass is 16.5. The van der Waals surface area contributed by atoms with Gasteiger partial charge in [-0.2, -0.15) is 0 Å². The molecule has 1 aliphatic heterocycles. The molecule has 0 aromatic heterocycles. The quantitative estimate of drug-likeness (QED) is 0.302. The maximum absolute atomic E-state index is 12.6. The monoisotopic (exact) mass is 386 g/mol. The van der Waals surface area contributed by atoms with Crippen LogP contribution < -0.4 is 5.32 Å². The molecule has 1 N–H and O–H groups in total. The molecule has 0 bridgehead atoms. The molecule has 0 unspecified atom stereocenters. The largest absolute Gasteiger partial charge is 0.464 e. The highest BCUT2D eigenvalue weighted by Crippen LogP contribution is 2.30. The molecule has 0 radical (unpaired) electrons. The van der Waals surface area contributed by atoms with Crippen LogP contribution >= 0.6 is 0 Å². The van der Waals surface area contributed by atoms with Gasteiger partial charge in [-0.05, 0) is 31.4 Å². The average Bonchev–Trinajstić information content (AvgIpc) is 2.69. The second-order valence-electron chi connectivity index (χ2n) is 6.65. The molecule has 2 atom stereocenters. The van der Waals surface area contributed by atoms with Crippen LogP contribution in [0.15, 0.2) is 54.3 Å². The zero-order valence-electron chi connectivity index (χ0n) is 16.4. The van der Waals surface area contributed by atoms with E-state index in [4.69, 9.17) is 9.47 Å². The first-order valence-corrected chi connectivity index (χ1v) is 9.03. The lowest BCUT2D eigenvalue weighted by atomic mass is 9.90. The summed E-state index contributed by atoms with van der Waals surface area (Å²) in [6, 6.07) is 8.42. The minimum Gasteiger partial charge on any atom is -0.464 e. The first-order chi connectivity index (χ1) is 13.4. The van der Waals surface area contributed by atoms with Crippen LogP contribution in [0.2, 0.25) is 0 Å². The summed E-state index contributed by atoms with van der Waals surface area (Å²) in [7, 11) is 1.27. The summed E-state index contributed by atoms with van der Waals surface area (Å²) in [5.74, 6) is -1.31. The van der Waals surface area contributed by atoms with Crippen molar-refractivity contribution in [3.8, 4) is 0 Å². The number of amides is 1. The molecule has 1 fully saturated rings. The van der Waals surface area contributed by atoms with Crippen LogP contribution in [0.5, 0.6) is 0 Å². The van der Waals surface area contributed by atoms with E-state index in [2.05, 4.69) is 11.9 Å². The minimum absolute atomic E-state index is 0.104. The van der Waals surface area contributed by atoms with Crippen LogP contribution in [0.1, 0.15) is 25.8 Å². The lowest BCUT2D eigenvalue weighted by Gasteiger charge is -2.47. The average molecular weight is 386 g/mol. The van der Waals surface area contributed by atoms with Gasteiger partial charge in [0.05, 0.1) is 19.7 Å². The highest BCUT2D eigenvalue weighted by molar-refractivity contribution is 6.00. The number of esters is 2. The van der Waals surface area contributed by atoms with Gasteiger partial charge in [-0.25, -0.2) is 4.79 Å². The van der Waals surface area contributed by atoms with E-state index < -0.39 is 18.0 Å². The van der Waals surface area contributed by atoms with Crippen LogP contribution in [0, 0.1) is 0 Å². The summed E-state index contributed by atoms with van der Waals surface area (Å²) in [5.41, 5.74) is 1.79. The number of hydrogen-bond donors (Lipinski definition) is 1. The number of benzene rings is 1. The predicted octanol–water partition coefficient (Wildman–Crippen LogP) is 1.94. The van der Waals surface area contributed by atoms with Crippen molar-refractivity contribution in [1.82, 2.24) is 10.2 Å². The number of ether oxygens (including phenoxy) is 2. The van der Waals surface area contributed by atoms with Crippen molar-refractivity contribution in [3.63, 3.8) is 0 Å². The molecular formula is C21H26N2O5. The number of nitrogens with zero attached hydrogens (tertiary/aromatic N) is 1. The summed E-state index contributed by atoms with van der Waals surface area (Å²) in [6.07, 6.45) is 2.14. The van der Waals surface area contributed by atoms with Gasteiger partial charge in [0.2, 0.25) is 5.91 Å². The number of carbonyl (C=O) groups is 3. The smallest absolute Gasteiger partial charge is 0.354 e. The Bertz CT molecular complexity index is 768. The third-order valence-electron chi connectivity index (χ3n) is 4.43. The molecule has 2 rings (SSSR count). The SMILES string of the molecule is C=CC[C@@H]1[C@@H](NCC(=O)OCc2ccccc2)C(=O)N1C(C(=O)OC)=C(C)C. The highest BCUT2D eigenvalue weighted by Gasteiger charge is 2.50. The number of allylic oxidation sites excluding steroid dienone is 1. The lowest BCUT2D eigenvalue weighted by Crippen LogP contribution is -2.70. The molecule has 0 spiro atoms. The summed E-state index contributed by atoms with van der Waals surface area (Å²) in [5, 5.41) is 2.93. The normalized spacial score (nSPS) is 18.1. The van der Waals surface area contributed by atoms with Gasteiger partial charge in [0.1, 0.15) is 18.3 Å². The Morgan fingerprint density at radius 3 is 2.50 bits per heavy atom. The Morgan fingerprint density at radius 2 is 1.93 bits per heavy atom. The van der Waals surface area contributed by atoms with E-state index in [0.29, 0.717) is 12.0 Å². The predicted molar refractivity (Wildman–Crippen MR) is 104 cm³/mol. The molecule has 7 nitrogen and oxygen atoms in total. The van der Waals surface area contributed by atoms with Crippen molar-refractivity contribution in [2.75, 3.05) is 13.7 Å². The molecule has 28 heavy (non-hydrogen) atoms. The van der Waals surface area contributed by atoms with E-state index >= 15 is 0 Å². The molecule has 150 valence electrons. The number of methoxy groups -OCH3 is 1. The van der Waals surface area contributed by atoms with Gasteiger partial charge in [0.15, 0.2) is 0 Å². The van der Waals surface area contributed by atoms with Gasteiger partial charge < -0.3 is 9.47 Å². The fourth-order valence-electron chi connectivity index (χ4n) is 3.08. The molecule has 0 saturated carbocycles. The lowest BCUT2D eigenvalue weighted by molar-refractivity contribution is -0.155. The Hall–Kier alpha value is -2.93. The van der Waals surface area contributed by atoms with Crippen LogP contribution in [-0.2, 0) is 30.5 Å². The third kappa shape index (κ3) is 4.86. The molecule has 1 aromatic carbocycles. The topological polar surface area (TPSA) is 84.9 Å². The number of hydrogen-bond acceptors (Lipinski definition) is 6. The van der Waals surface area contributed by atoms with Crippen molar-refractivity contribution in [2.24, 2.45) is 0 Å². The number of nitrogens with one attached hydrogen (secondary N) is 1. The molecule has 1 aromatic rings. The second kappa shape index (κ2) is 9.85. The Morgan fingerprint density at radius 1 is 1.25 bits per heavy atom. The van der Waals surface area contributed by atoms with E-state index in [1.807, 2.05) is 30.3 Å². The first-order valence-electron chi connectivity index (χ1n) is 9.03. The van der Waals surface area contributed by atoms with Crippen LogP contribution in [0.3, 0.4) is 0 Å². The van der Waals surface area contributed by atoms with Crippen LogP contribution in [0.25, 0.3) is 0 Å². The van der Waals surface area contributed by atoms with Gasteiger partial charge in [-0.1, -0.05) is 36.4 Å². The molecule has 0 aliphatic carbocycles. The number of carbonyl (C=O) groups excluding carboxylic acids is 3. The number of likely N-dealkylation sites (tertiary alicyclic amines) is 1. The fourth-order valence-corrected chi connectivity index (χ4v) is 3.08. The third-order valence-corrected chi connectivity index (χ3v) is 4.43. The van der Waals surface area contributed by atoms with E-state index in [-0.39, 0.29) is 30.8 Å². The molecule has 1 aliphatic rings. The van der Waals surface area contributed by atoms with E-state index in [9.17, 15) is 14.4 Å². The van der Waals surface area contributed by atoms with Crippen LogP contribution in [-0.4, -0.2) is 48.5 Å². The van der Waals surface area contributed by atoms with Gasteiger partial charge in [0.25, 0.3) is 0 Å².